The molecule has 1 heterocycles. The van der Waals surface area contributed by atoms with Gasteiger partial charge in [-0.3, -0.25) is 9.59 Å². The second-order valence-electron chi connectivity index (χ2n) is 5.63. The van der Waals surface area contributed by atoms with Crippen LogP contribution in [0.5, 0.6) is 5.75 Å². The molecule has 1 aromatic carbocycles. The standard InChI is InChI=1S/C20H21N3O5/c1-26-10-8-22-20(25)16(12-21)11-15-4-6-17(7-5-15)28-14-19(24)23-13-18-3-2-9-27-18/h2-7,9,11H,8,10,13-14H2,1H3,(H,22,25)(H,23,24)/b16-11-. The first kappa shape index (κ1) is 20.7. The highest BCUT2D eigenvalue weighted by Crippen LogP contribution is 2.14. The predicted molar refractivity (Wildman–Crippen MR) is 101 cm³/mol. The molecule has 2 rings (SSSR count). The molecule has 2 N–H and O–H groups in total. The van der Waals surface area contributed by atoms with Crippen LogP contribution in [0, 0.1) is 11.3 Å². The molecule has 0 fully saturated rings. The molecule has 2 aromatic rings. The van der Waals surface area contributed by atoms with Crippen LogP contribution in [0.15, 0.2) is 52.7 Å². The molecule has 0 aliphatic carbocycles. The fourth-order valence-corrected chi connectivity index (χ4v) is 2.14. The number of furan rings is 1. The van der Waals surface area contributed by atoms with Crippen molar-refractivity contribution in [1.29, 1.82) is 5.26 Å². The molecule has 0 saturated carbocycles. The van der Waals surface area contributed by atoms with Crippen molar-refractivity contribution in [3.8, 4) is 11.8 Å². The van der Waals surface area contributed by atoms with Crippen LogP contribution >= 0.6 is 0 Å². The van der Waals surface area contributed by atoms with Crippen LogP contribution < -0.4 is 15.4 Å². The number of nitriles is 1. The normalized spacial score (nSPS) is 10.8. The molecule has 0 aliphatic heterocycles. The summed E-state index contributed by atoms with van der Waals surface area (Å²) in [6, 6.07) is 12.1. The number of rotatable bonds is 10. The van der Waals surface area contributed by atoms with Crippen molar-refractivity contribution in [2.24, 2.45) is 0 Å². The summed E-state index contributed by atoms with van der Waals surface area (Å²) < 4.78 is 15.4. The number of benzene rings is 1. The first-order valence-electron chi connectivity index (χ1n) is 8.53. The third-order valence-electron chi connectivity index (χ3n) is 3.56. The summed E-state index contributed by atoms with van der Waals surface area (Å²) in [6.07, 6.45) is 3.01. The maximum absolute atomic E-state index is 11.9. The van der Waals surface area contributed by atoms with Gasteiger partial charge in [0.15, 0.2) is 6.61 Å². The van der Waals surface area contributed by atoms with E-state index in [0.717, 1.165) is 0 Å². The second-order valence-corrected chi connectivity index (χ2v) is 5.63. The van der Waals surface area contributed by atoms with Crippen LogP contribution in [0.4, 0.5) is 0 Å². The minimum absolute atomic E-state index is 0.0120. The summed E-state index contributed by atoms with van der Waals surface area (Å²) in [5, 5.41) is 14.4. The van der Waals surface area contributed by atoms with Gasteiger partial charge < -0.3 is 24.5 Å². The number of methoxy groups -OCH3 is 1. The van der Waals surface area contributed by atoms with Crippen LogP contribution in [-0.2, 0) is 20.9 Å². The van der Waals surface area contributed by atoms with Crippen LogP contribution in [0.2, 0.25) is 0 Å². The average Bonchev–Trinajstić information content (AvgIpc) is 3.23. The zero-order chi connectivity index (χ0) is 20.2. The Balaban J connectivity index is 1.83. The lowest BCUT2D eigenvalue weighted by Crippen LogP contribution is -2.28. The van der Waals surface area contributed by atoms with Gasteiger partial charge in [-0.05, 0) is 35.9 Å². The molecule has 8 nitrogen and oxygen atoms in total. The summed E-state index contributed by atoms with van der Waals surface area (Å²) in [6.45, 7) is 0.845. The van der Waals surface area contributed by atoms with E-state index >= 15 is 0 Å². The van der Waals surface area contributed by atoms with Crippen molar-refractivity contribution in [3.63, 3.8) is 0 Å². The molecule has 0 bridgehead atoms. The Morgan fingerprint density at radius 2 is 2.00 bits per heavy atom. The Morgan fingerprint density at radius 3 is 2.64 bits per heavy atom. The molecular formula is C20H21N3O5. The lowest BCUT2D eigenvalue weighted by Gasteiger charge is -2.07. The van der Waals surface area contributed by atoms with E-state index in [4.69, 9.17) is 19.2 Å². The van der Waals surface area contributed by atoms with Gasteiger partial charge in [0.05, 0.1) is 19.4 Å². The fourth-order valence-electron chi connectivity index (χ4n) is 2.14. The van der Waals surface area contributed by atoms with E-state index in [-0.39, 0.29) is 18.1 Å². The second kappa shape index (κ2) is 11.2. The summed E-state index contributed by atoms with van der Waals surface area (Å²) >= 11 is 0. The van der Waals surface area contributed by atoms with Gasteiger partial charge in [0.25, 0.3) is 11.8 Å². The molecule has 1 aromatic heterocycles. The van der Waals surface area contributed by atoms with Gasteiger partial charge in [-0.1, -0.05) is 12.1 Å². The maximum atomic E-state index is 11.9. The van der Waals surface area contributed by atoms with Crippen molar-refractivity contribution in [3.05, 3.63) is 59.6 Å². The molecule has 8 heteroatoms. The Hall–Kier alpha value is -3.57. The van der Waals surface area contributed by atoms with Gasteiger partial charge in [-0.2, -0.15) is 5.26 Å². The molecule has 0 atom stereocenters. The molecule has 0 unspecified atom stereocenters. The smallest absolute Gasteiger partial charge is 0.262 e. The minimum atomic E-state index is -0.465. The average molecular weight is 383 g/mol. The zero-order valence-electron chi connectivity index (χ0n) is 15.4. The summed E-state index contributed by atoms with van der Waals surface area (Å²) in [5.41, 5.74) is 0.648. The van der Waals surface area contributed by atoms with E-state index in [1.807, 2.05) is 6.07 Å². The number of hydrogen-bond donors (Lipinski definition) is 2. The lowest BCUT2D eigenvalue weighted by molar-refractivity contribution is -0.123. The first-order chi connectivity index (χ1) is 13.6. The van der Waals surface area contributed by atoms with Crippen LogP contribution in [-0.4, -0.2) is 38.7 Å². The number of hydrogen-bond acceptors (Lipinski definition) is 6. The van der Waals surface area contributed by atoms with Gasteiger partial charge >= 0.3 is 0 Å². The highest BCUT2D eigenvalue weighted by molar-refractivity contribution is 6.01. The molecule has 2 amide bonds. The number of carbonyl (C=O) groups is 2. The first-order valence-corrected chi connectivity index (χ1v) is 8.53. The van der Waals surface area contributed by atoms with Crippen LogP contribution in [0.1, 0.15) is 11.3 Å². The van der Waals surface area contributed by atoms with E-state index < -0.39 is 5.91 Å². The van der Waals surface area contributed by atoms with E-state index in [1.54, 1.807) is 36.4 Å². The molecular weight excluding hydrogens is 362 g/mol. The maximum Gasteiger partial charge on any atom is 0.262 e. The summed E-state index contributed by atoms with van der Waals surface area (Å²) in [7, 11) is 1.53. The number of carbonyl (C=O) groups excluding carboxylic acids is 2. The molecule has 0 radical (unpaired) electrons. The minimum Gasteiger partial charge on any atom is -0.484 e. The number of ether oxygens (including phenoxy) is 2. The highest BCUT2D eigenvalue weighted by atomic mass is 16.5. The molecule has 0 spiro atoms. The van der Waals surface area contributed by atoms with E-state index in [0.29, 0.717) is 36.8 Å². The van der Waals surface area contributed by atoms with Gasteiger partial charge in [0.1, 0.15) is 23.2 Å². The topological polar surface area (TPSA) is 114 Å². The number of amides is 2. The monoisotopic (exact) mass is 383 g/mol. The van der Waals surface area contributed by atoms with Crippen molar-refractivity contribution in [2.45, 2.75) is 6.54 Å². The quantitative estimate of drug-likeness (QED) is 0.366. The number of nitrogens with one attached hydrogen (secondary N) is 2. The Kier molecular flexibility index (Phi) is 8.30. The van der Waals surface area contributed by atoms with Gasteiger partial charge in [-0.15, -0.1) is 0 Å². The Labute approximate surface area is 162 Å². The van der Waals surface area contributed by atoms with Crippen molar-refractivity contribution in [2.75, 3.05) is 26.9 Å². The van der Waals surface area contributed by atoms with E-state index in [9.17, 15) is 9.59 Å². The zero-order valence-corrected chi connectivity index (χ0v) is 15.4. The molecule has 28 heavy (non-hydrogen) atoms. The summed E-state index contributed by atoms with van der Waals surface area (Å²) in [5.74, 6) is 0.408. The lowest BCUT2D eigenvalue weighted by atomic mass is 10.1. The largest absolute Gasteiger partial charge is 0.484 e. The predicted octanol–water partition coefficient (Wildman–Crippen LogP) is 1.64. The van der Waals surface area contributed by atoms with E-state index in [1.165, 1.54) is 19.4 Å². The van der Waals surface area contributed by atoms with Crippen LogP contribution in [0.3, 0.4) is 0 Å². The fraction of sp³-hybridized carbons (Fsp3) is 0.250. The summed E-state index contributed by atoms with van der Waals surface area (Å²) in [4.78, 5) is 23.7. The molecule has 0 saturated heterocycles. The highest BCUT2D eigenvalue weighted by Gasteiger charge is 2.08. The van der Waals surface area contributed by atoms with Crippen LogP contribution in [0.25, 0.3) is 6.08 Å². The van der Waals surface area contributed by atoms with Crippen molar-refractivity contribution in [1.82, 2.24) is 10.6 Å². The molecule has 146 valence electrons. The van der Waals surface area contributed by atoms with Crippen molar-refractivity contribution < 1.29 is 23.5 Å². The van der Waals surface area contributed by atoms with Gasteiger partial charge in [0.2, 0.25) is 0 Å². The Bertz CT molecular complexity index is 836. The number of nitrogens with zero attached hydrogens (tertiary/aromatic N) is 1. The third kappa shape index (κ3) is 6.97. The SMILES string of the molecule is COCCNC(=O)/C(C#N)=C\c1ccc(OCC(=O)NCc2ccco2)cc1. The third-order valence-corrected chi connectivity index (χ3v) is 3.56. The van der Waals surface area contributed by atoms with Gasteiger partial charge in [-0.25, -0.2) is 0 Å². The van der Waals surface area contributed by atoms with E-state index in [2.05, 4.69) is 10.6 Å². The van der Waals surface area contributed by atoms with Gasteiger partial charge in [0, 0.05) is 13.7 Å². The molecule has 0 aliphatic rings. The Morgan fingerprint density at radius 1 is 1.21 bits per heavy atom. The van der Waals surface area contributed by atoms with Crippen molar-refractivity contribution >= 4 is 17.9 Å².